The van der Waals surface area contributed by atoms with Crippen LogP contribution in [0.2, 0.25) is 0 Å². The molecule has 0 radical (unpaired) electrons. The van der Waals surface area contributed by atoms with Gasteiger partial charge in [-0.25, -0.2) is 0 Å². The van der Waals surface area contributed by atoms with Crippen LogP contribution in [0.3, 0.4) is 0 Å². The Morgan fingerprint density at radius 1 is 1.24 bits per heavy atom. The summed E-state index contributed by atoms with van der Waals surface area (Å²) in [7, 11) is 3.70. The number of hydrogen-bond acceptors (Lipinski definition) is 5. The van der Waals surface area contributed by atoms with E-state index in [2.05, 4.69) is 10.2 Å². The smallest absolute Gasteiger partial charge is 0.233 e. The highest BCUT2D eigenvalue weighted by atomic mass is 32.2. The topological polar surface area (TPSA) is 64.2 Å². The Morgan fingerprint density at radius 3 is 2.68 bits per heavy atom. The van der Waals surface area contributed by atoms with E-state index in [4.69, 9.17) is 4.42 Å². The highest BCUT2D eigenvalue weighted by molar-refractivity contribution is 7.99. The number of benzene rings is 1. The van der Waals surface area contributed by atoms with Gasteiger partial charge in [0.1, 0.15) is 5.76 Å². The Bertz CT molecular complexity index is 857. The molecule has 2 heterocycles. The van der Waals surface area contributed by atoms with Gasteiger partial charge in [0.15, 0.2) is 11.0 Å². The van der Waals surface area contributed by atoms with Crippen molar-refractivity contribution >= 4 is 17.7 Å². The van der Waals surface area contributed by atoms with Crippen LogP contribution in [-0.4, -0.2) is 38.4 Å². The summed E-state index contributed by atoms with van der Waals surface area (Å²) >= 11 is 1.39. The molecule has 0 aliphatic rings. The summed E-state index contributed by atoms with van der Waals surface area (Å²) in [5.41, 5.74) is 2.02. The molecule has 0 aliphatic heterocycles. The minimum absolute atomic E-state index is 0.0536. The molecular formula is C18H20N4O2S. The molecule has 0 saturated carbocycles. The molecule has 0 unspecified atom stereocenters. The van der Waals surface area contributed by atoms with E-state index in [9.17, 15) is 4.79 Å². The van der Waals surface area contributed by atoms with Crippen LogP contribution in [0.25, 0.3) is 11.4 Å². The molecule has 0 bridgehead atoms. The second kappa shape index (κ2) is 7.57. The molecule has 0 fully saturated rings. The van der Waals surface area contributed by atoms with Gasteiger partial charge in [-0.15, -0.1) is 10.2 Å². The Balaban J connectivity index is 1.61. The van der Waals surface area contributed by atoms with Crippen LogP contribution in [0.1, 0.15) is 11.3 Å². The summed E-state index contributed by atoms with van der Waals surface area (Å²) in [4.78, 5) is 14.1. The molecule has 0 spiro atoms. The van der Waals surface area contributed by atoms with Crippen LogP contribution in [0.4, 0.5) is 0 Å². The number of hydrogen-bond donors (Lipinski definition) is 0. The lowest BCUT2D eigenvalue weighted by Gasteiger charge is -2.16. The quantitative estimate of drug-likeness (QED) is 0.635. The molecular weight excluding hydrogens is 336 g/mol. The zero-order valence-electron chi connectivity index (χ0n) is 14.5. The van der Waals surface area contributed by atoms with Crippen molar-refractivity contribution in [2.24, 2.45) is 7.05 Å². The Labute approximate surface area is 150 Å². The van der Waals surface area contributed by atoms with Crippen LogP contribution in [0.5, 0.6) is 0 Å². The fourth-order valence-corrected chi connectivity index (χ4v) is 3.33. The Morgan fingerprint density at radius 2 is 2.00 bits per heavy atom. The normalized spacial score (nSPS) is 10.8. The largest absolute Gasteiger partial charge is 0.469 e. The van der Waals surface area contributed by atoms with Crippen molar-refractivity contribution in [3.63, 3.8) is 0 Å². The van der Waals surface area contributed by atoms with Gasteiger partial charge in [0.2, 0.25) is 5.91 Å². The van der Waals surface area contributed by atoms with Crippen LogP contribution in [0, 0.1) is 6.92 Å². The third-order valence-electron chi connectivity index (χ3n) is 3.95. The van der Waals surface area contributed by atoms with E-state index in [-0.39, 0.29) is 5.91 Å². The molecule has 6 nitrogen and oxygen atoms in total. The molecule has 3 rings (SSSR count). The molecule has 130 valence electrons. The number of aryl methyl sites for hydroxylation is 1. The number of aromatic nitrogens is 3. The number of rotatable bonds is 6. The van der Waals surface area contributed by atoms with E-state index in [1.54, 1.807) is 11.2 Å². The summed E-state index contributed by atoms with van der Waals surface area (Å²) in [6.07, 6.45) is 1.63. The lowest BCUT2D eigenvalue weighted by atomic mass is 10.2. The Hall–Kier alpha value is -2.54. The van der Waals surface area contributed by atoms with E-state index in [0.29, 0.717) is 17.5 Å². The SMILES string of the molecule is Cc1occc1-c1nnc(SCC(=O)N(C)Cc2ccccc2)n1C. The highest BCUT2D eigenvalue weighted by Gasteiger charge is 2.17. The minimum atomic E-state index is 0.0536. The second-order valence-electron chi connectivity index (χ2n) is 5.78. The number of furan rings is 1. The van der Waals surface area contributed by atoms with Gasteiger partial charge < -0.3 is 13.9 Å². The molecule has 1 amide bonds. The molecule has 25 heavy (non-hydrogen) atoms. The predicted octanol–water partition coefficient (Wildman–Crippen LogP) is 3.13. The first-order chi connectivity index (χ1) is 12.1. The van der Waals surface area contributed by atoms with Gasteiger partial charge in [-0.3, -0.25) is 4.79 Å². The van der Waals surface area contributed by atoms with Crippen LogP contribution < -0.4 is 0 Å². The molecule has 0 aliphatic carbocycles. The van der Waals surface area contributed by atoms with E-state index < -0.39 is 0 Å². The molecule has 7 heteroatoms. The summed E-state index contributed by atoms with van der Waals surface area (Å²) in [5, 5.41) is 9.11. The fraction of sp³-hybridized carbons (Fsp3) is 0.278. The van der Waals surface area contributed by atoms with Crippen molar-refractivity contribution in [3.05, 3.63) is 54.0 Å². The number of nitrogens with zero attached hydrogens (tertiary/aromatic N) is 4. The molecule has 0 saturated heterocycles. The van der Waals surface area contributed by atoms with Crippen molar-refractivity contribution in [1.82, 2.24) is 19.7 Å². The van der Waals surface area contributed by atoms with Gasteiger partial charge >= 0.3 is 0 Å². The Kier molecular flexibility index (Phi) is 5.23. The first kappa shape index (κ1) is 17.3. The van der Waals surface area contributed by atoms with E-state index >= 15 is 0 Å². The van der Waals surface area contributed by atoms with Crippen molar-refractivity contribution in [2.75, 3.05) is 12.8 Å². The lowest BCUT2D eigenvalue weighted by Crippen LogP contribution is -2.27. The maximum atomic E-state index is 12.4. The van der Waals surface area contributed by atoms with E-state index in [1.165, 1.54) is 11.8 Å². The number of amides is 1. The molecule has 1 aromatic carbocycles. The van der Waals surface area contributed by atoms with Crippen molar-refractivity contribution in [2.45, 2.75) is 18.6 Å². The molecule has 0 atom stereocenters. The van der Waals surface area contributed by atoms with Crippen molar-refractivity contribution in [3.8, 4) is 11.4 Å². The zero-order chi connectivity index (χ0) is 17.8. The average molecular weight is 356 g/mol. The molecule has 2 aromatic heterocycles. The maximum Gasteiger partial charge on any atom is 0.233 e. The van der Waals surface area contributed by atoms with Crippen molar-refractivity contribution < 1.29 is 9.21 Å². The van der Waals surface area contributed by atoms with Gasteiger partial charge in [-0.05, 0) is 18.6 Å². The molecule has 3 aromatic rings. The number of thioether (sulfide) groups is 1. The summed E-state index contributed by atoms with van der Waals surface area (Å²) in [6, 6.07) is 11.8. The van der Waals surface area contributed by atoms with Gasteiger partial charge in [0, 0.05) is 20.6 Å². The number of carbonyl (C=O) groups excluding carboxylic acids is 1. The standard InChI is InChI=1S/C18H20N4O2S/c1-13-15(9-10-24-13)17-19-20-18(22(17)3)25-12-16(23)21(2)11-14-7-5-4-6-8-14/h4-10H,11-12H2,1-3H3. The van der Waals surface area contributed by atoms with Gasteiger partial charge in [-0.1, -0.05) is 42.1 Å². The van der Waals surface area contributed by atoms with Crippen molar-refractivity contribution in [1.29, 1.82) is 0 Å². The van der Waals surface area contributed by atoms with Crippen LogP contribution in [-0.2, 0) is 18.4 Å². The molecule has 0 N–H and O–H groups in total. The third-order valence-corrected chi connectivity index (χ3v) is 4.95. The summed E-state index contributed by atoms with van der Waals surface area (Å²) in [5.74, 6) is 1.90. The van der Waals surface area contributed by atoms with Crippen LogP contribution >= 0.6 is 11.8 Å². The van der Waals surface area contributed by atoms with Gasteiger partial charge in [0.25, 0.3) is 0 Å². The van der Waals surface area contributed by atoms with Gasteiger partial charge in [-0.2, -0.15) is 0 Å². The maximum absolute atomic E-state index is 12.4. The first-order valence-corrected chi connectivity index (χ1v) is 8.89. The van der Waals surface area contributed by atoms with Gasteiger partial charge in [0.05, 0.1) is 17.6 Å². The fourth-order valence-electron chi connectivity index (χ4n) is 2.47. The lowest BCUT2D eigenvalue weighted by molar-refractivity contribution is -0.127. The summed E-state index contributed by atoms with van der Waals surface area (Å²) < 4.78 is 7.20. The monoisotopic (exact) mass is 356 g/mol. The third kappa shape index (κ3) is 3.93. The second-order valence-corrected chi connectivity index (χ2v) is 6.72. The highest BCUT2D eigenvalue weighted by Crippen LogP contribution is 2.25. The predicted molar refractivity (Wildman–Crippen MR) is 97.1 cm³/mol. The minimum Gasteiger partial charge on any atom is -0.469 e. The number of carbonyl (C=O) groups is 1. The zero-order valence-corrected chi connectivity index (χ0v) is 15.3. The van der Waals surface area contributed by atoms with E-state index in [1.807, 2.05) is 62.0 Å². The van der Waals surface area contributed by atoms with E-state index in [0.717, 1.165) is 22.7 Å². The van der Waals surface area contributed by atoms with Crippen LogP contribution in [0.15, 0.2) is 52.2 Å². The summed E-state index contributed by atoms with van der Waals surface area (Å²) in [6.45, 7) is 2.48. The first-order valence-electron chi connectivity index (χ1n) is 7.91. The average Bonchev–Trinajstić information content (AvgIpc) is 3.19.